The quantitative estimate of drug-likeness (QED) is 0.261. The molecule has 1 aliphatic rings. The number of hydrogen-bond donors (Lipinski definition) is 1. The Morgan fingerprint density at radius 2 is 1.86 bits per heavy atom. The van der Waals surface area contributed by atoms with Crippen LogP contribution in [0.4, 0.5) is 15.8 Å². The normalized spacial score (nSPS) is 13.6. The fourth-order valence-electron chi connectivity index (χ4n) is 3.78. The summed E-state index contributed by atoms with van der Waals surface area (Å²) in [7, 11) is -3.98. The summed E-state index contributed by atoms with van der Waals surface area (Å²) in [5.41, 5.74) is 2.40. The molecule has 36 heavy (non-hydrogen) atoms. The average Bonchev–Trinajstić information content (AvgIpc) is 2.86. The first-order valence-electron chi connectivity index (χ1n) is 10.7. The average molecular weight is 541 g/mol. The summed E-state index contributed by atoms with van der Waals surface area (Å²) in [6.45, 7) is 0.118. The van der Waals surface area contributed by atoms with Crippen LogP contribution in [0, 0.1) is 5.82 Å². The van der Waals surface area contributed by atoms with E-state index in [1.165, 1.54) is 28.7 Å². The van der Waals surface area contributed by atoms with E-state index in [4.69, 9.17) is 11.6 Å². The molecule has 11 heteroatoms. The van der Waals surface area contributed by atoms with Gasteiger partial charge in [0.2, 0.25) is 5.91 Å². The van der Waals surface area contributed by atoms with E-state index >= 15 is 0 Å². The van der Waals surface area contributed by atoms with Crippen molar-refractivity contribution in [2.45, 2.75) is 16.6 Å². The Bertz CT molecular complexity index is 1570. The highest BCUT2D eigenvalue weighted by atomic mass is 35.5. The van der Waals surface area contributed by atoms with Crippen molar-refractivity contribution in [1.82, 2.24) is 9.97 Å². The summed E-state index contributed by atoms with van der Waals surface area (Å²) in [4.78, 5) is 21.0. The molecule has 0 unspecified atom stereocenters. The van der Waals surface area contributed by atoms with Gasteiger partial charge in [-0.25, -0.2) is 22.8 Å². The molecule has 0 fully saturated rings. The smallest absolute Gasteiger partial charge is 0.268 e. The van der Waals surface area contributed by atoms with E-state index in [2.05, 4.69) is 15.3 Å². The lowest BCUT2D eigenvalue weighted by molar-refractivity contribution is -0.113. The molecule has 0 aliphatic carbocycles. The SMILES string of the molecule is O=C(CSc1ncc2c(n1)-c1ccc(Cl)cc1N(Cc1ccccc1)S2(=O)=O)Nc1cccc(F)c1. The number of halogens is 2. The van der Waals surface area contributed by atoms with Gasteiger partial charge in [0.15, 0.2) is 5.16 Å². The highest BCUT2D eigenvalue weighted by molar-refractivity contribution is 7.99. The Morgan fingerprint density at radius 3 is 2.64 bits per heavy atom. The number of sulfonamides is 1. The first kappa shape index (κ1) is 24.2. The number of carbonyl (C=O) groups excluding carboxylic acids is 1. The van der Waals surface area contributed by atoms with Gasteiger partial charge in [-0.15, -0.1) is 0 Å². The Hall–Kier alpha value is -3.47. The van der Waals surface area contributed by atoms with Crippen LogP contribution in [0.2, 0.25) is 5.02 Å². The maximum atomic E-state index is 13.6. The van der Waals surface area contributed by atoms with Crippen LogP contribution < -0.4 is 9.62 Å². The predicted molar refractivity (Wildman–Crippen MR) is 138 cm³/mol. The summed E-state index contributed by atoms with van der Waals surface area (Å²) in [5, 5.41) is 3.23. The summed E-state index contributed by atoms with van der Waals surface area (Å²) in [6.07, 6.45) is 1.26. The van der Waals surface area contributed by atoms with Gasteiger partial charge in [0, 0.05) is 16.3 Å². The number of aromatic nitrogens is 2. The minimum absolute atomic E-state index is 0.0261. The van der Waals surface area contributed by atoms with Crippen LogP contribution in [0.3, 0.4) is 0 Å². The zero-order valence-electron chi connectivity index (χ0n) is 18.6. The van der Waals surface area contributed by atoms with Crippen LogP contribution in [0.5, 0.6) is 0 Å². The lowest BCUT2D eigenvalue weighted by Crippen LogP contribution is -2.34. The molecule has 0 saturated carbocycles. The van der Waals surface area contributed by atoms with Crippen LogP contribution in [-0.4, -0.2) is 30.0 Å². The maximum Gasteiger partial charge on any atom is 0.268 e. The summed E-state index contributed by atoms with van der Waals surface area (Å²) < 4.78 is 41.8. The van der Waals surface area contributed by atoms with Gasteiger partial charge in [-0.05, 0) is 42.0 Å². The number of fused-ring (bicyclic) bond motifs is 3. The Kier molecular flexibility index (Phi) is 6.65. The molecule has 0 spiro atoms. The third-order valence-electron chi connectivity index (χ3n) is 5.39. The van der Waals surface area contributed by atoms with Gasteiger partial charge in [-0.2, -0.15) is 0 Å². The molecule has 1 aromatic heterocycles. The van der Waals surface area contributed by atoms with Crippen molar-refractivity contribution in [2.75, 3.05) is 15.4 Å². The number of thioether (sulfide) groups is 1. The van der Waals surface area contributed by atoms with Gasteiger partial charge >= 0.3 is 0 Å². The van der Waals surface area contributed by atoms with E-state index in [-0.39, 0.29) is 34.0 Å². The van der Waals surface area contributed by atoms with E-state index in [9.17, 15) is 17.6 Å². The fraction of sp³-hybridized carbons (Fsp3) is 0.0800. The number of hydrogen-bond acceptors (Lipinski definition) is 6. The highest BCUT2D eigenvalue weighted by Gasteiger charge is 2.37. The van der Waals surface area contributed by atoms with Gasteiger partial charge in [0.1, 0.15) is 10.7 Å². The van der Waals surface area contributed by atoms with Crippen LogP contribution in [-0.2, 0) is 21.4 Å². The molecule has 0 radical (unpaired) electrons. The standard InChI is InChI=1S/C25H18ClFN4O3S2/c26-17-9-10-20-21(11-17)31(14-16-5-2-1-3-6-16)36(33,34)22-13-28-25(30-24(20)22)35-15-23(32)29-19-8-4-7-18(27)12-19/h1-13H,14-15H2,(H,29,32). The molecular formula is C25H18ClFN4O3S2. The number of rotatable bonds is 6. The maximum absolute atomic E-state index is 13.6. The van der Waals surface area contributed by atoms with Crippen LogP contribution >= 0.6 is 23.4 Å². The number of carbonyl (C=O) groups is 1. The van der Waals surface area contributed by atoms with E-state index < -0.39 is 15.8 Å². The predicted octanol–water partition coefficient (Wildman–Crippen LogP) is 5.38. The van der Waals surface area contributed by atoms with Gasteiger partial charge in [0.05, 0.1) is 29.9 Å². The molecule has 1 aliphatic heterocycles. The van der Waals surface area contributed by atoms with Crippen LogP contribution in [0.15, 0.2) is 89.0 Å². The second kappa shape index (κ2) is 9.88. The molecule has 0 saturated heterocycles. The van der Waals surface area contributed by atoms with Gasteiger partial charge in [-0.3, -0.25) is 9.10 Å². The van der Waals surface area contributed by atoms with Crippen molar-refractivity contribution >= 4 is 50.7 Å². The van der Waals surface area contributed by atoms with E-state index in [0.717, 1.165) is 17.3 Å². The molecule has 7 nitrogen and oxygen atoms in total. The minimum atomic E-state index is -3.98. The van der Waals surface area contributed by atoms with Crippen molar-refractivity contribution in [3.8, 4) is 11.3 Å². The fourth-order valence-corrected chi connectivity index (χ4v) is 6.11. The third kappa shape index (κ3) is 4.92. The summed E-state index contributed by atoms with van der Waals surface area (Å²) in [5.74, 6) is -0.879. The van der Waals surface area contributed by atoms with Crippen molar-refractivity contribution in [2.24, 2.45) is 0 Å². The lowest BCUT2D eigenvalue weighted by atomic mass is 10.1. The van der Waals surface area contributed by atoms with Gasteiger partial charge in [0.25, 0.3) is 10.0 Å². The van der Waals surface area contributed by atoms with E-state index in [1.807, 2.05) is 30.3 Å². The van der Waals surface area contributed by atoms with Crippen molar-refractivity contribution < 1.29 is 17.6 Å². The number of benzene rings is 3. The number of nitrogens with zero attached hydrogens (tertiary/aromatic N) is 3. The Balaban J connectivity index is 1.44. The van der Waals surface area contributed by atoms with Crippen LogP contribution in [0.1, 0.15) is 5.56 Å². The topological polar surface area (TPSA) is 92.3 Å². The van der Waals surface area contributed by atoms with Gasteiger partial charge < -0.3 is 5.32 Å². The molecule has 2 heterocycles. The van der Waals surface area contributed by atoms with E-state index in [0.29, 0.717) is 22.0 Å². The second-order valence-corrected chi connectivity index (χ2v) is 11.1. The molecule has 0 bridgehead atoms. The minimum Gasteiger partial charge on any atom is -0.325 e. The Labute approximate surface area is 216 Å². The molecular weight excluding hydrogens is 523 g/mol. The van der Waals surface area contributed by atoms with E-state index in [1.54, 1.807) is 24.3 Å². The number of amides is 1. The zero-order valence-corrected chi connectivity index (χ0v) is 20.9. The molecule has 1 amide bonds. The molecule has 5 rings (SSSR count). The van der Waals surface area contributed by atoms with Crippen molar-refractivity contribution in [3.63, 3.8) is 0 Å². The summed E-state index contributed by atoms with van der Waals surface area (Å²) >= 11 is 7.27. The summed E-state index contributed by atoms with van der Waals surface area (Å²) in [6, 6.07) is 19.8. The van der Waals surface area contributed by atoms with Crippen LogP contribution in [0.25, 0.3) is 11.3 Å². The molecule has 3 aromatic carbocycles. The lowest BCUT2D eigenvalue weighted by Gasteiger charge is -2.31. The number of nitrogens with one attached hydrogen (secondary N) is 1. The molecule has 0 atom stereocenters. The zero-order chi connectivity index (χ0) is 25.3. The molecule has 1 N–H and O–H groups in total. The second-order valence-electron chi connectivity index (χ2n) is 7.87. The van der Waals surface area contributed by atoms with Crippen molar-refractivity contribution in [3.05, 3.63) is 95.4 Å². The highest BCUT2D eigenvalue weighted by Crippen LogP contribution is 2.44. The largest absolute Gasteiger partial charge is 0.325 e. The Morgan fingerprint density at radius 1 is 1.06 bits per heavy atom. The molecule has 182 valence electrons. The third-order valence-corrected chi connectivity index (χ3v) is 8.25. The molecule has 4 aromatic rings. The van der Waals surface area contributed by atoms with Crippen molar-refractivity contribution in [1.29, 1.82) is 0 Å². The monoisotopic (exact) mass is 540 g/mol. The first-order chi connectivity index (χ1) is 17.3. The number of anilines is 2. The van der Waals surface area contributed by atoms with Gasteiger partial charge in [-0.1, -0.05) is 59.8 Å². The first-order valence-corrected chi connectivity index (χ1v) is 13.5.